The third-order valence-corrected chi connectivity index (χ3v) is 5.38. The third kappa shape index (κ3) is 8.94. The fourth-order valence-electron chi connectivity index (χ4n) is 3.36. The Hall–Kier alpha value is -2.18. The zero-order chi connectivity index (χ0) is 22.6. The molecule has 1 aromatic carbocycles. The second-order valence-corrected chi connectivity index (χ2v) is 7.68. The number of ether oxygens (including phenoxy) is 2. The van der Waals surface area contributed by atoms with Gasteiger partial charge in [-0.3, -0.25) is 4.90 Å². The minimum absolute atomic E-state index is 0. The number of benzene rings is 1. The number of morpholine rings is 1. The van der Waals surface area contributed by atoms with Crippen LogP contribution in [0.2, 0.25) is 0 Å². The van der Waals surface area contributed by atoms with Gasteiger partial charge in [-0.2, -0.15) is 0 Å². The number of halogens is 1. The molecule has 0 bridgehead atoms. The number of rotatable bonds is 11. The van der Waals surface area contributed by atoms with Crippen LogP contribution in [0.5, 0.6) is 5.75 Å². The summed E-state index contributed by atoms with van der Waals surface area (Å²) in [4.78, 5) is 7.23. The van der Waals surface area contributed by atoms with E-state index in [1.54, 1.807) is 6.08 Å². The van der Waals surface area contributed by atoms with Crippen molar-refractivity contribution >= 4 is 29.9 Å². The van der Waals surface area contributed by atoms with Crippen LogP contribution in [0.3, 0.4) is 0 Å². The molecule has 3 rings (SSSR count). The Balaban J connectivity index is 0.00000385. The van der Waals surface area contributed by atoms with Crippen molar-refractivity contribution in [3.05, 3.63) is 54.1 Å². The molecule has 182 valence electrons. The number of hydrogen-bond acceptors (Lipinski definition) is 6. The molecule has 0 atom stereocenters. The lowest BCUT2D eigenvalue weighted by Gasteiger charge is -2.26. The Morgan fingerprint density at radius 1 is 1.24 bits per heavy atom. The summed E-state index contributed by atoms with van der Waals surface area (Å²) in [6, 6.07) is 7.95. The smallest absolute Gasteiger partial charge is 0.191 e. The molecular formula is C23H36IN7O2. The molecule has 0 radical (unpaired) electrons. The zero-order valence-corrected chi connectivity index (χ0v) is 22.0. The van der Waals surface area contributed by atoms with E-state index < -0.39 is 0 Å². The Morgan fingerprint density at radius 3 is 2.76 bits per heavy atom. The van der Waals surface area contributed by atoms with E-state index in [1.807, 2.05) is 42.8 Å². The van der Waals surface area contributed by atoms with E-state index in [9.17, 15) is 0 Å². The van der Waals surface area contributed by atoms with Gasteiger partial charge in [0.05, 0.1) is 26.3 Å². The number of aryl methyl sites for hydroxylation is 1. The number of aromatic nitrogens is 3. The van der Waals surface area contributed by atoms with Gasteiger partial charge in [-0.05, 0) is 26.0 Å². The predicted molar refractivity (Wildman–Crippen MR) is 141 cm³/mol. The number of aliphatic imine (C=N–C) groups is 1. The molecule has 0 aliphatic carbocycles. The van der Waals surface area contributed by atoms with Crippen LogP contribution in [-0.2, 0) is 24.9 Å². The second-order valence-electron chi connectivity index (χ2n) is 7.68. The summed E-state index contributed by atoms with van der Waals surface area (Å²) in [7, 11) is 1.96. The quantitative estimate of drug-likeness (QED) is 0.141. The van der Waals surface area contributed by atoms with Crippen LogP contribution in [0.25, 0.3) is 0 Å². The molecule has 1 aromatic heterocycles. The largest absolute Gasteiger partial charge is 0.489 e. The molecule has 2 N–H and O–H groups in total. The predicted octanol–water partition coefficient (Wildman–Crippen LogP) is 2.26. The van der Waals surface area contributed by atoms with Gasteiger partial charge in [0.2, 0.25) is 0 Å². The maximum absolute atomic E-state index is 5.77. The van der Waals surface area contributed by atoms with Crippen molar-refractivity contribution < 1.29 is 9.47 Å². The van der Waals surface area contributed by atoms with Crippen LogP contribution in [0, 0.1) is 6.92 Å². The lowest BCUT2D eigenvalue weighted by molar-refractivity contribution is 0.0376. The van der Waals surface area contributed by atoms with Crippen molar-refractivity contribution in [2.45, 2.75) is 26.4 Å². The molecule has 1 aliphatic heterocycles. The Labute approximate surface area is 213 Å². The Morgan fingerprint density at radius 2 is 2.03 bits per heavy atom. The highest BCUT2D eigenvalue weighted by atomic mass is 127. The number of nitrogens with zero attached hydrogens (tertiary/aromatic N) is 5. The van der Waals surface area contributed by atoms with Gasteiger partial charge >= 0.3 is 0 Å². The van der Waals surface area contributed by atoms with Gasteiger partial charge in [-0.15, -0.1) is 34.2 Å². The molecule has 9 nitrogen and oxygen atoms in total. The van der Waals surface area contributed by atoms with Gasteiger partial charge in [-0.1, -0.05) is 30.9 Å². The Bertz CT molecular complexity index is 881. The lowest BCUT2D eigenvalue weighted by Crippen LogP contribution is -2.40. The molecule has 0 saturated carbocycles. The van der Waals surface area contributed by atoms with Gasteiger partial charge in [0.1, 0.15) is 18.2 Å². The summed E-state index contributed by atoms with van der Waals surface area (Å²) < 4.78 is 13.2. The highest BCUT2D eigenvalue weighted by Gasteiger charge is 2.10. The monoisotopic (exact) mass is 569 g/mol. The molecule has 0 spiro atoms. The fraction of sp³-hybridized carbons (Fsp3) is 0.522. The maximum atomic E-state index is 5.77. The van der Waals surface area contributed by atoms with Crippen LogP contribution >= 0.6 is 24.0 Å². The zero-order valence-electron chi connectivity index (χ0n) is 19.6. The van der Waals surface area contributed by atoms with Gasteiger partial charge in [0.25, 0.3) is 0 Å². The van der Waals surface area contributed by atoms with E-state index in [0.29, 0.717) is 19.7 Å². The number of nitrogens with one attached hydrogen (secondary N) is 2. The first-order valence-corrected chi connectivity index (χ1v) is 11.2. The molecule has 0 unspecified atom stereocenters. The number of hydrogen-bond donors (Lipinski definition) is 2. The molecule has 1 saturated heterocycles. The highest BCUT2D eigenvalue weighted by molar-refractivity contribution is 14.0. The first-order chi connectivity index (χ1) is 15.7. The van der Waals surface area contributed by atoms with E-state index in [0.717, 1.165) is 74.7 Å². The SMILES string of the molecule is C=CCOc1ccccc1CN=C(NCCCN1CCOCC1)NCc1nnc(C)n1C.I. The van der Waals surface area contributed by atoms with E-state index in [1.165, 1.54) is 0 Å². The van der Waals surface area contributed by atoms with E-state index in [4.69, 9.17) is 14.5 Å². The molecule has 1 aliphatic rings. The number of para-hydroxylation sites is 1. The average Bonchev–Trinajstić information content (AvgIpc) is 3.15. The van der Waals surface area contributed by atoms with Crippen molar-refractivity contribution in [3.8, 4) is 5.75 Å². The molecule has 2 heterocycles. The second kappa shape index (κ2) is 14.9. The molecule has 1 fully saturated rings. The molecule has 0 amide bonds. The van der Waals surface area contributed by atoms with E-state index in [2.05, 4.69) is 32.3 Å². The summed E-state index contributed by atoms with van der Waals surface area (Å²) >= 11 is 0. The molecule has 33 heavy (non-hydrogen) atoms. The van der Waals surface area contributed by atoms with Crippen molar-refractivity contribution in [2.75, 3.05) is 46.0 Å². The molecule has 2 aromatic rings. The van der Waals surface area contributed by atoms with Gasteiger partial charge in [0, 0.05) is 32.2 Å². The summed E-state index contributed by atoms with van der Waals surface area (Å²) in [6.07, 6.45) is 2.77. The molecule has 10 heteroatoms. The van der Waals surface area contributed by atoms with Crippen molar-refractivity contribution in [1.82, 2.24) is 30.3 Å². The Kier molecular flexibility index (Phi) is 12.2. The van der Waals surface area contributed by atoms with E-state index >= 15 is 0 Å². The van der Waals surface area contributed by atoms with Crippen LogP contribution < -0.4 is 15.4 Å². The van der Waals surface area contributed by atoms with E-state index in [-0.39, 0.29) is 24.0 Å². The van der Waals surface area contributed by atoms with Crippen molar-refractivity contribution in [1.29, 1.82) is 0 Å². The van der Waals surface area contributed by atoms with Gasteiger partial charge in [-0.25, -0.2) is 4.99 Å². The van der Waals surface area contributed by atoms with Gasteiger partial charge < -0.3 is 24.7 Å². The van der Waals surface area contributed by atoms with Crippen molar-refractivity contribution in [3.63, 3.8) is 0 Å². The van der Waals surface area contributed by atoms with Gasteiger partial charge in [0.15, 0.2) is 11.8 Å². The van der Waals surface area contributed by atoms with Crippen LogP contribution in [-0.4, -0.2) is 71.6 Å². The maximum Gasteiger partial charge on any atom is 0.191 e. The van der Waals surface area contributed by atoms with Crippen LogP contribution in [0.1, 0.15) is 23.6 Å². The lowest BCUT2D eigenvalue weighted by atomic mass is 10.2. The van der Waals surface area contributed by atoms with Crippen molar-refractivity contribution in [2.24, 2.45) is 12.0 Å². The van der Waals surface area contributed by atoms with Crippen LogP contribution in [0.15, 0.2) is 41.9 Å². The summed E-state index contributed by atoms with van der Waals surface area (Å²) in [5.74, 6) is 3.31. The minimum atomic E-state index is 0. The topological polar surface area (TPSA) is 88.8 Å². The molecular weight excluding hydrogens is 533 g/mol. The summed E-state index contributed by atoms with van der Waals surface area (Å²) in [6.45, 7) is 12.7. The standard InChI is InChI=1S/C23H35N7O2.HI/c1-4-14-32-21-9-6-5-8-20(21)17-25-23(26-18-22-28-27-19(2)29(22)3)24-10-7-11-30-12-15-31-16-13-30;/h4-6,8-9H,1,7,10-18H2,2-3H3,(H2,24,25,26);1H. The first kappa shape index (κ1) is 27.1. The fourth-order valence-corrected chi connectivity index (χ4v) is 3.36. The minimum Gasteiger partial charge on any atom is -0.489 e. The normalized spacial score (nSPS) is 14.4. The summed E-state index contributed by atoms with van der Waals surface area (Å²) in [5.41, 5.74) is 1.03. The summed E-state index contributed by atoms with van der Waals surface area (Å²) in [5, 5.41) is 15.2. The first-order valence-electron chi connectivity index (χ1n) is 11.2. The van der Waals surface area contributed by atoms with Crippen LogP contribution in [0.4, 0.5) is 0 Å². The highest BCUT2D eigenvalue weighted by Crippen LogP contribution is 2.18. The number of guanidine groups is 1. The average molecular weight is 569 g/mol. The third-order valence-electron chi connectivity index (χ3n) is 5.38.